The molecule has 4 N–H and O–H groups in total. The number of nitrogens with one attached hydrogen (secondary N) is 3. The summed E-state index contributed by atoms with van der Waals surface area (Å²) in [6.07, 6.45) is 2.02. The maximum absolute atomic E-state index is 13.6. The Kier molecular flexibility index (Phi) is 12.0. The molecule has 0 fully saturated rings. The highest BCUT2D eigenvalue weighted by Gasteiger charge is 2.21. The van der Waals surface area contributed by atoms with Crippen molar-refractivity contribution in [3.63, 3.8) is 0 Å². The van der Waals surface area contributed by atoms with Crippen LogP contribution in [0.25, 0.3) is 6.08 Å². The topological polar surface area (TPSA) is 134 Å². The zero-order valence-electron chi connectivity index (χ0n) is 25.1. The number of carboxylic acids is 1. The van der Waals surface area contributed by atoms with Gasteiger partial charge in [-0.2, -0.15) is 0 Å². The van der Waals surface area contributed by atoms with E-state index < -0.39 is 23.0 Å². The average molecular weight is 658 g/mol. The second-order valence-electron chi connectivity index (χ2n) is 9.83. The van der Waals surface area contributed by atoms with Gasteiger partial charge >= 0.3 is 5.97 Å². The molecule has 0 saturated heterocycles. The first-order valence-corrected chi connectivity index (χ1v) is 15.7. The minimum atomic E-state index is -1.14. The number of ether oxygens (including phenoxy) is 1. The van der Waals surface area contributed by atoms with Crippen LogP contribution in [-0.4, -0.2) is 40.7 Å². The second-order valence-corrected chi connectivity index (χ2v) is 11.5. The zero-order valence-corrected chi connectivity index (χ0v) is 26.7. The summed E-state index contributed by atoms with van der Waals surface area (Å²) < 4.78 is 5.71. The van der Waals surface area contributed by atoms with E-state index in [-0.39, 0.29) is 27.9 Å². The fraction of sp³-hybridized carbons (Fsp3) is 0.143. The largest absolute Gasteiger partial charge is 0.493 e. The fourth-order valence-electron chi connectivity index (χ4n) is 4.28. The molecule has 3 amide bonds. The molecule has 4 aromatic rings. The van der Waals surface area contributed by atoms with Crippen molar-refractivity contribution >= 4 is 64.5 Å². The van der Waals surface area contributed by atoms with Crippen LogP contribution in [0.1, 0.15) is 46.5 Å². The minimum Gasteiger partial charge on any atom is -0.493 e. The van der Waals surface area contributed by atoms with Gasteiger partial charge in [0.05, 0.1) is 28.1 Å². The molecule has 1 unspecified atom stereocenters. The molecule has 0 spiro atoms. The predicted molar refractivity (Wildman–Crippen MR) is 182 cm³/mol. The smallest absolute Gasteiger partial charge is 0.335 e. The highest BCUT2D eigenvalue weighted by molar-refractivity contribution is 8.00. The number of halogens is 1. The van der Waals surface area contributed by atoms with Crippen molar-refractivity contribution < 1.29 is 29.0 Å². The summed E-state index contributed by atoms with van der Waals surface area (Å²) in [5.41, 5.74) is 1.65. The van der Waals surface area contributed by atoms with Crippen molar-refractivity contribution in [1.82, 2.24) is 5.32 Å². The lowest BCUT2D eigenvalue weighted by atomic mass is 10.1. The normalized spacial score (nSPS) is 11.7. The summed E-state index contributed by atoms with van der Waals surface area (Å²) in [7, 11) is 0. The average Bonchev–Trinajstić information content (AvgIpc) is 3.05. The lowest BCUT2D eigenvalue weighted by Crippen LogP contribution is -2.30. The Balaban J connectivity index is 1.53. The van der Waals surface area contributed by atoms with Gasteiger partial charge in [-0.15, -0.1) is 11.8 Å². The number of aromatic carboxylic acids is 1. The monoisotopic (exact) mass is 657 g/mol. The molecular formula is C35H32ClN3O6S. The number of amides is 3. The van der Waals surface area contributed by atoms with Crippen molar-refractivity contribution in [2.45, 2.75) is 30.4 Å². The van der Waals surface area contributed by atoms with Gasteiger partial charge in [-0.3, -0.25) is 14.4 Å². The second kappa shape index (κ2) is 16.3. The first kappa shape index (κ1) is 33.8. The lowest BCUT2D eigenvalue weighted by Gasteiger charge is -2.17. The third kappa shape index (κ3) is 9.23. The van der Waals surface area contributed by atoms with Crippen molar-refractivity contribution in [3.8, 4) is 5.75 Å². The van der Waals surface area contributed by atoms with Crippen LogP contribution in [0, 0.1) is 0 Å². The predicted octanol–water partition coefficient (Wildman–Crippen LogP) is 7.36. The molecular weight excluding hydrogens is 626 g/mol. The summed E-state index contributed by atoms with van der Waals surface area (Å²) in [6, 6.07) is 26.8. The first-order valence-electron chi connectivity index (χ1n) is 14.4. The highest BCUT2D eigenvalue weighted by Crippen LogP contribution is 2.30. The standard InChI is InChI=1S/C35H32ClN3O6S/c1-3-31(34(42)38-28-20-24(35(43)44)17-18-27(28)36)46-26-15-10-14-25(21-26)37-33(41)29(39-32(40)22-11-6-5-7-12-22)19-23-13-8-9-16-30(23)45-4-2/h5-21,31H,3-4H2,1-2H3,(H,37,41)(H,38,42)(H,39,40)(H,43,44)/b29-19+. The van der Waals surface area contributed by atoms with Crippen LogP contribution in [-0.2, 0) is 9.59 Å². The van der Waals surface area contributed by atoms with Crippen molar-refractivity contribution in [1.29, 1.82) is 0 Å². The summed E-state index contributed by atoms with van der Waals surface area (Å²) >= 11 is 7.47. The molecule has 1 atom stereocenters. The maximum Gasteiger partial charge on any atom is 0.335 e. The number of carbonyl (C=O) groups is 4. The van der Waals surface area contributed by atoms with Gasteiger partial charge in [-0.1, -0.05) is 61.0 Å². The number of carbonyl (C=O) groups excluding carboxylic acids is 3. The molecule has 0 aliphatic carbocycles. The number of thioether (sulfide) groups is 1. The van der Waals surface area contributed by atoms with Crippen LogP contribution in [0.3, 0.4) is 0 Å². The Bertz CT molecular complexity index is 1760. The molecule has 0 radical (unpaired) electrons. The molecule has 0 aromatic heterocycles. The molecule has 4 aromatic carbocycles. The molecule has 11 heteroatoms. The van der Waals surface area contributed by atoms with E-state index in [1.54, 1.807) is 78.9 Å². The number of anilines is 2. The van der Waals surface area contributed by atoms with E-state index in [0.717, 1.165) is 0 Å². The lowest BCUT2D eigenvalue weighted by molar-refractivity contribution is -0.116. The minimum absolute atomic E-state index is 0.00130. The third-order valence-corrected chi connectivity index (χ3v) is 8.24. The molecule has 0 bridgehead atoms. The van der Waals surface area contributed by atoms with Crippen LogP contribution in [0.4, 0.5) is 11.4 Å². The molecule has 0 aliphatic rings. The third-order valence-electron chi connectivity index (χ3n) is 6.55. The molecule has 236 valence electrons. The maximum atomic E-state index is 13.6. The van der Waals surface area contributed by atoms with E-state index in [0.29, 0.717) is 40.5 Å². The van der Waals surface area contributed by atoms with E-state index in [4.69, 9.17) is 16.3 Å². The van der Waals surface area contributed by atoms with E-state index >= 15 is 0 Å². The molecule has 0 aliphatic heterocycles. The zero-order chi connectivity index (χ0) is 33.1. The number of hydrogen-bond donors (Lipinski definition) is 4. The number of carboxylic acid groups (broad SMARTS) is 1. The number of para-hydroxylation sites is 1. The van der Waals surface area contributed by atoms with Crippen LogP contribution < -0.4 is 20.7 Å². The van der Waals surface area contributed by atoms with Crippen LogP contribution >= 0.6 is 23.4 Å². The van der Waals surface area contributed by atoms with Gasteiger partial charge in [-0.05, 0) is 74.0 Å². The molecule has 0 saturated carbocycles. The molecule has 4 rings (SSSR count). The van der Waals surface area contributed by atoms with Crippen LogP contribution in [0.5, 0.6) is 5.75 Å². The Morgan fingerprint density at radius 1 is 0.870 bits per heavy atom. The Morgan fingerprint density at radius 2 is 1.61 bits per heavy atom. The van der Waals surface area contributed by atoms with Crippen molar-refractivity contribution in [2.24, 2.45) is 0 Å². The Morgan fingerprint density at radius 3 is 2.33 bits per heavy atom. The van der Waals surface area contributed by atoms with E-state index in [9.17, 15) is 24.3 Å². The molecule has 46 heavy (non-hydrogen) atoms. The van der Waals surface area contributed by atoms with Crippen LogP contribution in [0.15, 0.2) is 108 Å². The van der Waals surface area contributed by atoms with Gasteiger partial charge in [0.2, 0.25) is 5.91 Å². The van der Waals surface area contributed by atoms with E-state index in [1.165, 1.54) is 30.0 Å². The molecule has 0 heterocycles. The summed E-state index contributed by atoms with van der Waals surface area (Å²) in [4.78, 5) is 51.8. The molecule has 9 nitrogen and oxygen atoms in total. The highest BCUT2D eigenvalue weighted by atomic mass is 35.5. The van der Waals surface area contributed by atoms with Gasteiger partial charge in [-0.25, -0.2) is 4.79 Å². The number of benzene rings is 4. The summed E-state index contributed by atoms with van der Waals surface area (Å²) in [6.45, 7) is 4.13. The first-order chi connectivity index (χ1) is 22.2. The Hall–Kier alpha value is -5.06. The van der Waals surface area contributed by atoms with Gasteiger partial charge in [0.25, 0.3) is 11.8 Å². The Labute approximate surface area is 276 Å². The van der Waals surface area contributed by atoms with Gasteiger partial charge in [0.15, 0.2) is 0 Å². The van der Waals surface area contributed by atoms with Gasteiger partial charge < -0.3 is 25.8 Å². The quantitative estimate of drug-likeness (QED) is 0.0872. The fourth-order valence-corrected chi connectivity index (χ4v) is 5.46. The number of hydrogen-bond acceptors (Lipinski definition) is 6. The van der Waals surface area contributed by atoms with Gasteiger partial charge in [0, 0.05) is 21.7 Å². The van der Waals surface area contributed by atoms with Crippen molar-refractivity contribution in [3.05, 3.63) is 124 Å². The van der Waals surface area contributed by atoms with E-state index in [2.05, 4.69) is 16.0 Å². The SMILES string of the molecule is CCOc1ccccc1/C=C(/NC(=O)c1ccccc1)C(=O)Nc1cccc(SC(CC)C(=O)Nc2cc(C(=O)O)ccc2Cl)c1. The number of rotatable bonds is 13. The summed E-state index contributed by atoms with van der Waals surface area (Å²) in [5.74, 6) is -1.94. The summed E-state index contributed by atoms with van der Waals surface area (Å²) in [5, 5.41) is 17.3. The van der Waals surface area contributed by atoms with Crippen molar-refractivity contribution in [2.75, 3.05) is 17.2 Å². The van der Waals surface area contributed by atoms with Gasteiger partial charge in [0.1, 0.15) is 11.4 Å². The van der Waals surface area contributed by atoms with E-state index in [1.807, 2.05) is 19.9 Å². The van der Waals surface area contributed by atoms with Crippen LogP contribution in [0.2, 0.25) is 5.02 Å².